The molecule has 1 fully saturated rings. The summed E-state index contributed by atoms with van der Waals surface area (Å²) in [7, 11) is 0. The van der Waals surface area contributed by atoms with Crippen molar-refractivity contribution in [3.05, 3.63) is 47.4 Å². The number of nitrogens with one attached hydrogen (secondary N) is 1. The number of nitrogens with zero attached hydrogens (tertiary/aromatic N) is 3. The fraction of sp³-hybridized carbons (Fsp3) is 0.375. The summed E-state index contributed by atoms with van der Waals surface area (Å²) >= 11 is 1.52. The number of halogens is 1. The van der Waals surface area contributed by atoms with Gasteiger partial charge in [-0.25, -0.2) is 4.39 Å². The van der Waals surface area contributed by atoms with Crippen molar-refractivity contribution in [2.75, 3.05) is 13.1 Å². The van der Waals surface area contributed by atoms with Gasteiger partial charge in [-0.05, 0) is 49.7 Å². The van der Waals surface area contributed by atoms with Crippen LogP contribution in [0.1, 0.15) is 30.0 Å². The maximum atomic E-state index is 13.8. The molecule has 0 radical (unpaired) electrons. The van der Waals surface area contributed by atoms with Crippen LogP contribution in [-0.4, -0.2) is 22.9 Å². The molecule has 0 aliphatic carbocycles. The van der Waals surface area contributed by atoms with E-state index < -0.39 is 0 Å². The Hall–Kier alpha value is -1.84. The van der Waals surface area contributed by atoms with Crippen LogP contribution in [0.2, 0.25) is 0 Å². The van der Waals surface area contributed by atoms with E-state index in [9.17, 15) is 4.39 Å². The summed E-state index contributed by atoms with van der Waals surface area (Å²) in [4.78, 5) is 0. The standard InChI is InChI=1S/C16H17FN4S/c17-15-9-12(10-18)1-2-13(15)11-22-16-5-8-21(20-16)14-3-6-19-7-4-14/h1-2,5,8-9,14,19H,3-4,6-7,11H2. The lowest BCUT2D eigenvalue weighted by Gasteiger charge is -2.22. The Morgan fingerprint density at radius 2 is 2.18 bits per heavy atom. The molecule has 1 N–H and O–H groups in total. The lowest BCUT2D eigenvalue weighted by molar-refractivity contribution is 0.340. The van der Waals surface area contributed by atoms with Gasteiger partial charge in [0.15, 0.2) is 0 Å². The molecule has 0 amide bonds. The van der Waals surface area contributed by atoms with Crippen molar-refractivity contribution >= 4 is 11.8 Å². The van der Waals surface area contributed by atoms with Crippen molar-refractivity contribution in [3.63, 3.8) is 0 Å². The quantitative estimate of drug-likeness (QED) is 0.881. The molecule has 4 nitrogen and oxygen atoms in total. The average molecular weight is 316 g/mol. The molecule has 0 unspecified atom stereocenters. The van der Waals surface area contributed by atoms with Crippen LogP contribution >= 0.6 is 11.8 Å². The normalized spacial score (nSPS) is 15.6. The highest BCUT2D eigenvalue weighted by molar-refractivity contribution is 7.98. The van der Waals surface area contributed by atoms with E-state index in [0.29, 0.717) is 22.9 Å². The van der Waals surface area contributed by atoms with Gasteiger partial charge in [-0.3, -0.25) is 4.68 Å². The average Bonchev–Trinajstić information content (AvgIpc) is 3.03. The molecule has 0 saturated carbocycles. The van der Waals surface area contributed by atoms with Crippen molar-refractivity contribution < 1.29 is 4.39 Å². The number of rotatable bonds is 4. The van der Waals surface area contributed by atoms with Gasteiger partial charge < -0.3 is 5.32 Å². The van der Waals surface area contributed by atoms with Crippen LogP contribution in [-0.2, 0) is 5.75 Å². The number of nitriles is 1. The minimum absolute atomic E-state index is 0.329. The van der Waals surface area contributed by atoms with Gasteiger partial charge in [-0.1, -0.05) is 17.8 Å². The summed E-state index contributed by atoms with van der Waals surface area (Å²) in [6.45, 7) is 2.06. The molecular weight excluding hydrogens is 299 g/mol. The van der Waals surface area contributed by atoms with E-state index in [-0.39, 0.29) is 5.82 Å². The maximum Gasteiger partial charge on any atom is 0.128 e. The molecular formula is C16H17FN4S. The topological polar surface area (TPSA) is 53.6 Å². The second-order valence-corrected chi connectivity index (χ2v) is 6.32. The summed E-state index contributed by atoms with van der Waals surface area (Å²) in [6, 6.07) is 8.98. The van der Waals surface area contributed by atoms with Crippen LogP contribution in [0.3, 0.4) is 0 Å². The van der Waals surface area contributed by atoms with E-state index >= 15 is 0 Å². The molecule has 0 bridgehead atoms. The molecule has 1 aliphatic heterocycles. The Bertz CT molecular complexity index is 686. The Labute approximate surface area is 133 Å². The van der Waals surface area contributed by atoms with Crippen molar-refractivity contribution in [1.29, 1.82) is 5.26 Å². The number of hydrogen-bond donors (Lipinski definition) is 1. The number of aromatic nitrogens is 2. The van der Waals surface area contributed by atoms with Crippen molar-refractivity contribution in [2.24, 2.45) is 0 Å². The minimum atomic E-state index is -0.329. The molecule has 1 aromatic heterocycles. The number of piperidine rings is 1. The van der Waals surface area contributed by atoms with Crippen LogP contribution in [0.25, 0.3) is 0 Å². The molecule has 1 saturated heterocycles. The zero-order chi connectivity index (χ0) is 15.4. The highest BCUT2D eigenvalue weighted by atomic mass is 32.2. The first-order valence-electron chi connectivity index (χ1n) is 7.33. The van der Waals surface area contributed by atoms with E-state index in [1.807, 2.05) is 23.0 Å². The van der Waals surface area contributed by atoms with E-state index in [2.05, 4.69) is 10.4 Å². The van der Waals surface area contributed by atoms with Crippen LogP contribution in [0, 0.1) is 17.1 Å². The monoisotopic (exact) mass is 316 g/mol. The molecule has 1 aromatic carbocycles. The predicted molar refractivity (Wildman–Crippen MR) is 84.0 cm³/mol. The number of hydrogen-bond acceptors (Lipinski definition) is 4. The molecule has 114 valence electrons. The van der Waals surface area contributed by atoms with Crippen LogP contribution in [0.4, 0.5) is 4.39 Å². The second-order valence-electron chi connectivity index (χ2n) is 5.32. The molecule has 0 spiro atoms. The number of thioether (sulfide) groups is 1. The molecule has 2 heterocycles. The third-order valence-electron chi connectivity index (χ3n) is 3.82. The summed E-state index contributed by atoms with van der Waals surface area (Å²) in [6.07, 6.45) is 4.19. The Morgan fingerprint density at radius 1 is 1.36 bits per heavy atom. The van der Waals surface area contributed by atoms with E-state index in [0.717, 1.165) is 31.0 Å². The molecule has 2 aromatic rings. The summed E-state index contributed by atoms with van der Waals surface area (Å²) in [5, 5.41) is 17.6. The van der Waals surface area contributed by atoms with Crippen molar-refractivity contribution in [1.82, 2.24) is 15.1 Å². The molecule has 6 heteroatoms. The van der Waals surface area contributed by atoms with Gasteiger partial charge >= 0.3 is 0 Å². The van der Waals surface area contributed by atoms with Crippen LogP contribution in [0.15, 0.2) is 35.5 Å². The van der Waals surface area contributed by atoms with Crippen molar-refractivity contribution in [3.8, 4) is 6.07 Å². The summed E-state index contributed by atoms with van der Waals surface area (Å²) in [5.41, 5.74) is 0.946. The largest absolute Gasteiger partial charge is 0.317 e. The first kappa shape index (κ1) is 15.1. The fourth-order valence-electron chi connectivity index (χ4n) is 2.56. The first-order valence-corrected chi connectivity index (χ1v) is 8.32. The second kappa shape index (κ2) is 6.95. The summed E-state index contributed by atoms with van der Waals surface area (Å²) < 4.78 is 15.9. The SMILES string of the molecule is N#Cc1ccc(CSc2ccn(C3CCNCC3)n2)c(F)c1. The van der Waals surface area contributed by atoms with Gasteiger partial charge in [-0.15, -0.1) is 0 Å². The van der Waals surface area contributed by atoms with E-state index in [1.165, 1.54) is 17.8 Å². The van der Waals surface area contributed by atoms with Gasteiger partial charge in [0.2, 0.25) is 0 Å². The smallest absolute Gasteiger partial charge is 0.128 e. The summed E-state index contributed by atoms with van der Waals surface area (Å²) in [5.74, 6) is 0.185. The zero-order valence-electron chi connectivity index (χ0n) is 12.1. The highest BCUT2D eigenvalue weighted by Gasteiger charge is 2.16. The van der Waals surface area contributed by atoms with Crippen LogP contribution < -0.4 is 5.32 Å². The molecule has 0 atom stereocenters. The van der Waals surface area contributed by atoms with Crippen LogP contribution in [0.5, 0.6) is 0 Å². The first-order chi connectivity index (χ1) is 10.8. The highest BCUT2D eigenvalue weighted by Crippen LogP contribution is 2.25. The van der Waals surface area contributed by atoms with Gasteiger partial charge in [0.25, 0.3) is 0 Å². The lowest BCUT2D eigenvalue weighted by Crippen LogP contribution is -2.29. The maximum absolute atomic E-state index is 13.8. The lowest BCUT2D eigenvalue weighted by atomic mass is 10.1. The van der Waals surface area contributed by atoms with Crippen molar-refractivity contribution in [2.45, 2.75) is 29.7 Å². The molecule has 1 aliphatic rings. The van der Waals surface area contributed by atoms with Gasteiger partial charge in [0, 0.05) is 11.9 Å². The third-order valence-corrected chi connectivity index (χ3v) is 4.79. The number of benzene rings is 1. The Kier molecular flexibility index (Phi) is 4.76. The zero-order valence-corrected chi connectivity index (χ0v) is 12.9. The molecule has 22 heavy (non-hydrogen) atoms. The minimum Gasteiger partial charge on any atom is -0.317 e. The van der Waals surface area contributed by atoms with E-state index in [1.54, 1.807) is 12.1 Å². The predicted octanol–water partition coefficient (Wildman–Crippen LogP) is 3.11. The Balaban J connectivity index is 1.62. The van der Waals surface area contributed by atoms with Gasteiger partial charge in [-0.2, -0.15) is 10.4 Å². The van der Waals surface area contributed by atoms with Gasteiger partial charge in [0.05, 0.1) is 17.7 Å². The molecule has 3 rings (SSSR count). The fourth-order valence-corrected chi connectivity index (χ4v) is 3.40. The third kappa shape index (κ3) is 3.49. The van der Waals surface area contributed by atoms with E-state index in [4.69, 9.17) is 5.26 Å². The Morgan fingerprint density at radius 3 is 2.91 bits per heavy atom. The van der Waals surface area contributed by atoms with Gasteiger partial charge in [0.1, 0.15) is 10.8 Å².